The summed E-state index contributed by atoms with van der Waals surface area (Å²) in [6.45, 7) is 2.51. The number of carbonyl (C=O) groups is 2. The van der Waals surface area contributed by atoms with Gasteiger partial charge in [0.2, 0.25) is 12.7 Å². The number of methoxy groups -OCH3 is 1. The Kier molecular flexibility index (Phi) is 10.0. The van der Waals surface area contributed by atoms with Crippen LogP contribution in [0.2, 0.25) is 0 Å². The van der Waals surface area contributed by atoms with Crippen molar-refractivity contribution in [1.29, 1.82) is 0 Å². The lowest BCUT2D eigenvalue weighted by Crippen LogP contribution is -2.43. The van der Waals surface area contributed by atoms with Crippen LogP contribution in [0.1, 0.15) is 35.3 Å². The summed E-state index contributed by atoms with van der Waals surface area (Å²) in [5.41, 5.74) is 0.513. The SMILES string of the molecule is COc1ccc2cc1OCCCN(C(=O)Cc1ccc3c(c1)OCO3)CCCCN(C(=O)c1cc(=O)n(C)c(=O)n1C)CCn1ccnc1-2. The highest BCUT2D eigenvalue weighted by Gasteiger charge is 2.23. The quantitative estimate of drug-likeness (QED) is 0.320. The molecule has 14 nitrogen and oxygen atoms in total. The van der Waals surface area contributed by atoms with Crippen molar-refractivity contribution in [2.75, 3.05) is 46.7 Å². The molecule has 0 N–H and O–H groups in total. The molecule has 4 heterocycles. The summed E-state index contributed by atoms with van der Waals surface area (Å²) in [6.07, 6.45) is 5.53. The van der Waals surface area contributed by atoms with Crippen LogP contribution in [0.25, 0.3) is 11.4 Å². The minimum absolute atomic E-state index is 0.0160. The van der Waals surface area contributed by atoms with Gasteiger partial charge in [-0.15, -0.1) is 0 Å². The Morgan fingerprint density at radius 3 is 2.41 bits per heavy atom. The monoisotopic (exact) mass is 672 g/mol. The number of hydrogen-bond acceptors (Lipinski definition) is 9. The summed E-state index contributed by atoms with van der Waals surface area (Å²) in [7, 11) is 4.44. The van der Waals surface area contributed by atoms with Crippen molar-refractivity contribution in [1.82, 2.24) is 28.5 Å². The van der Waals surface area contributed by atoms with Crippen LogP contribution in [-0.4, -0.2) is 87.0 Å². The molecule has 2 aromatic heterocycles. The van der Waals surface area contributed by atoms with Gasteiger partial charge in [-0.05, 0) is 55.2 Å². The molecule has 0 saturated carbocycles. The molecule has 2 bridgehead atoms. The second-order valence-corrected chi connectivity index (χ2v) is 12.0. The van der Waals surface area contributed by atoms with E-state index in [9.17, 15) is 19.2 Å². The summed E-state index contributed by atoms with van der Waals surface area (Å²) in [5, 5.41) is 0. The first-order chi connectivity index (χ1) is 23.7. The molecule has 0 fully saturated rings. The Balaban J connectivity index is 1.27. The van der Waals surface area contributed by atoms with E-state index in [1.165, 1.54) is 24.7 Å². The normalized spacial score (nSPS) is 15.2. The van der Waals surface area contributed by atoms with Crippen LogP contribution >= 0.6 is 0 Å². The molecule has 0 aliphatic carbocycles. The molecule has 0 saturated heterocycles. The van der Waals surface area contributed by atoms with E-state index in [-0.39, 0.29) is 31.4 Å². The van der Waals surface area contributed by atoms with Crippen LogP contribution in [0.5, 0.6) is 23.0 Å². The molecule has 49 heavy (non-hydrogen) atoms. The molecule has 0 spiro atoms. The number of fused-ring (bicyclic) bond motifs is 5. The van der Waals surface area contributed by atoms with Gasteiger partial charge in [-0.1, -0.05) is 6.07 Å². The number of nitrogens with zero attached hydrogens (tertiary/aromatic N) is 6. The molecule has 2 aliphatic rings. The lowest BCUT2D eigenvalue weighted by atomic mass is 10.1. The topological polar surface area (TPSA) is 139 Å². The van der Waals surface area contributed by atoms with Crippen molar-refractivity contribution < 1.29 is 28.5 Å². The minimum Gasteiger partial charge on any atom is -0.493 e. The molecular formula is C35H40N6O8. The first kappa shape index (κ1) is 33.4. The van der Waals surface area contributed by atoms with Gasteiger partial charge in [0.15, 0.2) is 23.0 Å². The fraction of sp³-hybridized carbons (Fsp3) is 0.400. The summed E-state index contributed by atoms with van der Waals surface area (Å²) >= 11 is 0. The molecule has 2 aromatic carbocycles. The summed E-state index contributed by atoms with van der Waals surface area (Å²) < 4.78 is 26.8. The van der Waals surface area contributed by atoms with Crippen molar-refractivity contribution in [2.24, 2.45) is 14.1 Å². The van der Waals surface area contributed by atoms with Crippen LogP contribution in [0.4, 0.5) is 0 Å². The van der Waals surface area contributed by atoms with E-state index in [4.69, 9.17) is 18.9 Å². The largest absolute Gasteiger partial charge is 0.493 e. The number of rotatable bonds is 4. The second-order valence-electron chi connectivity index (χ2n) is 12.0. The molecule has 2 aliphatic heterocycles. The second kappa shape index (κ2) is 14.7. The van der Waals surface area contributed by atoms with Crippen molar-refractivity contribution in [3.8, 4) is 34.4 Å². The average molecular weight is 673 g/mol. The summed E-state index contributed by atoms with van der Waals surface area (Å²) in [4.78, 5) is 60.8. The number of imidazole rings is 1. The zero-order valence-corrected chi connectivity index (χ0v) is 27.9. The summed E-state index contributed by atoms with van der Waals surface area (Å²) in [6, 6.07) is 12.3. The maximum absolute atomic E-state index is 13.9. The van der Waals surface area contributed by atoms with E-state index in [1.54, 1.807) is 18.2 Å². The number of hydrogen-bond donors (Lipinski definition) is 0. The van der Waals surface area contributed by atoms with Gasteiger partial charge in [-0.3, -0.25) is 23.5 Å². The first-order valence-electron chi connectivity index (χ1n) is 16.3. The van der Waals surface area contributed by atoms with Gasteiger partial charge >= 0.3 is 5.69 Å². The minimum atomic E-state index is -0.577. The average Bonchev–Trinajstić information content (AvgIpc) is 3.78. The molecule has 0 unspecified atom stereocenters. The lowest BCUT2D eigenvalue weighted by Gasteiger charge is -2.26. The number of aromatic nitrogens is 4. The standard InChI is InChI=1S/C35H40N6O8/c1-37-26(22-31(42)38(2)35(37)45)34(44)41-13-5-4-12-39(32(43)20-24-7-9-28-29(19-24)49-23-48-28)14-6-18-47-30-21-25(8-10-27(30)46-3)33-36-11-15-40(33)16-17-41/h7-11,15,19,21-22H,4-6,12-14,16-18,20,23H2,1-3H3. The number of carbonyl (C=O) groups excluding carboxylic acids is 2. The number of amides is 2. The van der Waals surface area contributed by atoms with Gasteiger partial charge in [0.1, 0.15) is 11.5 Å². The van der Waals surface area contributed by atoms with E-state index in [2.05, 4.69) is 4.98 Å². The Morgan fingerprint density at radius 1 is 0.816 bits per heavy atom. The zero-order chi connectivity index (χ0) is 34.5. The van der Waals surface area contributed by atoms with Gasteiger partial charge in [0.25, 0.3) is 11.5 Å². The van der Waals surface area contributed by atoms with E-state index in [0.717, 1.165) is 15.7 Å². The molecule has 0 atom stereocenters. The molecule has 14 heteroatoms. The first-order valence-corrected chi connectivity index (χ1v) is 16.3. The third-order valence-electron chi connectivity index (χ3n) is 8.86. The smallest absolute Gasteiger partial charge is 0.331 e. The van der Waals surface area contributed by atoms with Crippen LogP contribution < -0.4 is 30.2 Å². The predicted molar refractivity (Wildman–Crippen MR) is 179 cm³/mol. The van der Waals surface area contributed by atoms with E-state index in [0.29, 0.717) is 80.9 Å². The van der Waals surface area contributed by atoms with Gasteiger partial charge in [0, 0.05) is 70.8 Å². The maximum Gasteiger partial charge on any atom is 0.331 e. The van der Waals surface area contributed by atoms with Crippen LogP contribution in [-0.2, 0) is 31.9 Å². The Hall–Kier alpha value is -5.53. The van der Waals surface area contributed by atoms with Crippen LogP contribution in [0.15, 0.2) is 64.4 Å². The van der Waals surface area contributed by atoms with Crippen molar-refractivity contribution in [3.63, 3.8) is 0 Å². The molecule has 4 aromatic rings. The molecule has 2 amide bonds. The van der Waals surface area contributed by atoms with Crippen molar-refractivity contribution >= 4 is 11.8 Å². The number of benzene rings is 2. The Morgan fingerprint density at radius 2 is 1.59 bits per heavy atom. The fourth-order valence-electron chi connectivity index (χ4n) is 6.06. The van der Waals surface area contributed by atoms with Crippen LogP contribution in [0.3, 0.4) is 0 Å². The van der Waals surface area contributed by atoms with Crippen LogP contribution in [0, 0.1) is 0 Å². The molecular weight excluding hydrogens is 632 g/mol. The van der Waals surface area contributed by atoms with E-state index < -0.39 is 17.2 Å². The molecule has 258 valence electrons. The summed E-state index contributed by atoms with van der Waals surface area (Å²) in [5.74, 6) is 2.64. The van der Waals surface area contributed by atoms with Gasteiger partial charge in [-0.25, -0.2) is 9.78 Å². The van der Waals surface area contributed by atoms with Crippen molar-refractivity contribution in [3.05, 3.63) is 87.0 Å². The van der Waals surface area contributed by atoms with Crippen molar-refractivity contribution in [2.45, 2.75) is 32.2 Å². The number of ether oxygens (including phenoxy) is 4. The Bertz CT molecular complexity index is 1960. The fourth-order valence-corrected chi connectivity index (χ4v) is 6.06. The maximum atomic E-state index is 13.9. The zero-order valence-electron chi connectivity index (χ0n) is 27.9. The lowest BCUT2D eigenvalue weighted by molar-refractivity contribution is -0.130. The highest BCUT2D eigenvalue weighted by molar-refractivity contribution is 5.92. The van der Waals surface area contributed by atoms with Gasteiger partial charge < -0.3 is 33.3 Å². The highest BCUT2D eigenvalue weighted by atomic mass is 16.7. The third-order valence-corrected chi connectivity index (χ3v) is 8.86. The highest BCUT2D eigenvalue weighted by Crippen LogP contribution is 2.33. The van der Waals surface area contributed by atoms with E-state index >= 15 is 0 Å². The molecule has 0 radical (unpaired) electrons. The van der Waals surface area contributed by atoms with Gasteiger partial charge in [0.05, 0.1) is 20.1 Å². The predicted octanol–water partition coefficient (Wildman–Crippen LogP) is 2.46. The van der Waals surface area contributed by atoms with E-state index in [1.807, 2.05) is 52.1 Å². The van der Waals surface area contributed by atoms with Gasteiger partial charge in [-0.2, -0.15) is 0 Å². The third kappa shape index (κ3) is 7.32. The molecule has 6 rings (SSSR count). The Labute approximate surface area is 283 Å².